The molecule has 6 nitrogen and oxygen atoms in total. The van der Waals surface area contributed by atoms with Crippen molar-refractivity contribution in [1.29, 1.82) is 0 Å². The molecule has 136 valence electrons. The minimum Gasteiger partial charge on any atom is -0.461 e. The zero-order chi connectivity index (χ0) is 18.7. The number of carbonyl (C=O) groups is 4. The van der Waals surface area contributed by atoms with Gasteiger partial charge in [0, 0.05) is 31.8 Å². The summed E-state index contributed by atoms with van der Waals surface area (Å²) in [5, 5.41) is 0. The zero-order valence-electron chi connectivity index (χ0n) is 14.9. The highest BCUT2D eigenvalue weighted by Crippen LogP contribution is 2.46. The molecule has 2 aliphatic rings. The lowest BCUT2D eigenvalue weighted by Gasteiger charge is -2.28. The van der Waals surface area contributed by atoms with Crippen molar-refractivity contribution in [1.82, 2.24) is 0 Å². The van der Waals surface area contributed by atoms with E-state index in [-0.39, 0.29) is 30.1 Å². The average Bonchev–Trinajstić information content (AvgIpc) is 2.80. The molecular weight excluding hydrogens is 324 g/mol. The first kappa shape index (κ1) is 19.1. The summed E-state index contributed by atoms with van der Waals surface area (Å²) in [4.78, 5) is 46.6. The van der Waals surface area contributed by atoms with E-state index in [1.807, 2.05) is 6.92 Å². The number of ketones is 1. The molecule has 25 heavy (non-hydrogen) atoms. The lowest BCUT2D eigenvalue weighted by Crippen LogP contribution is -2.31. The second-order valence-electron chi connectivity index (χ2n) is 6.83. The lowest BCUT2D eigenvalue weighted by atomic mass is 9.84. The first-order valence-corrected chi connectivity index (χ1v) is 8.46. The molecule has 2 rings (SSSR count). The molecule has 2 aliphatic carbocycles. The molecule has 1 saturated carbocycles. The van der Waals surface area contributed by atoms with Crippen molar-refractivity contribution >= 4 is 24.0 Å². The van der Waals surface area contributed by atoms with E-state index in [1.165, 1.54) is 13.8 Å². The first-order chi connectivity index (χ1) is 11.8. The van der Waals surface area contributed by atoms with Crippen molar-refractivity contribution in [3.05, 3.63) is 23.3 Å². The summed E-state index contributed by atoms with van der Waals surface area (Å²) in [5.74, 6) is -1.32. The van der Waals surface area contributed by atoms with Gasteiger partial charge in [-0.3, -0.25) is 19.2 Å². The molecule has 0 aromatic rings. The fourth-order valence-corrected chi connectivity index (χ4v) is 3.85. The highest BCUT2D eigenvalue weighted by Gasteiger charge is 2.46. The summed E-state index contributed by atoms with van der Waals surface area (Å²) in [6.07, 6.45) is 1.70. The van der Waals surface area contributed by atoms with E-state index in [2.05, 4.69) is 6.58 Å². The van der Waals surface area contributed by atoms with Gasteiger partial charge in [0.2, 0.25) is 0 Å². The van der Waals surface area contributed by atoms with Crippen LogP contribution in [-0.2, 0) is 28.7 Å². The van der Waals surface area contributed by atoms with E-state index in [9.17, 15) is 19.2 Å². The van der Waals surface area contributed by atoms with Crippen LogP contribution in [0.25, 0.3) is 0 Å². The van der Waals surface area contributed by atoms with Gasteiger partial charge in [-0.05, 0) is 35.8 Å². The Kier molecular flexibility index (Phi) is 5.93. The average molecular weight is 348 g/mol. The van der Waals surface area contributed by atoms with E-state index in [4.69, 9.17) is 9.47 Å². The Bertz CT molecular complexity index is 644. The van der Waals surface area contributed by atoms with Crippen molar-refractivity contribution in [3.63, 3.8) is 0 Å². The third-order valence-corrected chi connectivity index (χ3v) is 5.12. The molecular formula is C19H24O6. The smallest absolute Gasteiger partial charge is 0.303 e. The summed E-state index contributed by atoms with van der Waals surface area (Å²) in [5.41, 5.74) is 1.43. The second kappa shape index (κ2) is 7.76. The summed E-state index contributed by atoms with van der Waals surface area (Å²) in [7, 11) is 0. The minimum atomic E-state index is -0.720. The van der Waals surface area contributed by atoms with Crippen LogP contribution in [0, 0.1) is 17.8 Å². The Labute approximate surface area is 147 Å². The van der Waals surface area contributed by atoms with Gasteiger partial charge in [0.25, 0.3) is 0 Å². The van der Waals surface area contributed by atoms with Crippen LogP contribution < -0.4 is 0 Å². The highest BCUT2D eigenvalue weighted by atomic mass is 16.5. The second-order valence-corrected chi connectivity index (χ2v) is 6.83. The molecule has 0 aromatic heterocycles. The Morgan fingerprint density at radius 3 is 2.48 bits per heavy atom. The fraction of sp³-hybridized carbons (Fsp3) is 0.579. The van der Waals surface area contributed by atoms with E-state index in [0.717, 1.165) is 6.42 Å². The van der Waals surface area contributed by atoms with E-state index >= 15 is 0 Å². The summed E-state index contributed by atoms with van der Waals surface area (Å²) >= 11 is 0. The van der Waals surface area contributed by atoms with Crippen LogP contribution in [0.15, 0.2) is 23.3 Å². The minimum absolute atomic E-state index is 0.0770. The van der Waals surface area contributed by atoms with Crippen LogP contribution >= 0.6 is 0 Å². The SMILES string of the molecule is C=C(C=O)C1CCC(C)C2CC(=O)C(COC(C)=O)=C2C1OC(C)=O. The number of aldehydes is 1. The van der Waals surface area contributed by atoms with Crippen molar-refractivity contribution in [3.8, 4) is 0 Å². The number of hydrogen-bond donors (Lipinski definition) is 0. The Morgan fingerprint density at radius 2 is 1.92 bits per heavy atom. The molecule has 0 bridgehead atoms. The number of esters is 2. The fourth-order valence-electron chi connectivity index (χ4n) is 3.85. The van der Waals surface area contributed by atoms with Gasteiger partial charge in [0.1, 0.15) is 19.0 Å². The molecule has 0 N–H and O–H groups in total. The zero-order valence-corrected chi connectivity index (χ0v) is 14.9. The first-order valence-electron chi connectivity index (χ1n) is 8.46. The maximum absolute atomic E-state index is 12.5. The van der Waals surface area contributed by atoms with Gasteiger partial charge in [-0.15, -0.1) is 0 Å². The molecule has 1 fully saturated rings. The number of carbonyl (C=O) groups excluding carboxylic acids is 4. The van der Waals surface area contributed by atoms with E-state index in [1.54, 1.807) is 0 Å². The molecule has 0 heterocycles. The molecule has 0 aliphatic heterocycles. The van der Waals surface area contributed by atoms with E-state index < -0.39 is 18.0 Å². The van der Waals surface area contributed by atoms with Crippen molar-refractivity contribution in [2.75, 3.05) is 6.61 Å². The van der Waals surface area contributed by atoms with Gasteiger partial charge in [-0.2, -0.15) is 0 Å². The summed E-state index contributed by atoms with van der Waals surface area (Å²) in [6.45, 7) is 8.29. The predicted octanol–water partition coefficient (Wildman–Crippen LogP) is 2.17. The van der Waals surface area contributed by atoms with Crippen LogP contribution in [0.2, 0.25) is 0 Å². The molecule has 0 saturated heterocycles. The molecule has 6 heteroatoms. The number of ether oxygens (including phenoxy) is 2. The van der Waals surface area contributed by atoms with Crippen LogP contribution in [-0.4, -0.2) is 36.7 Å². The topological polar surface area (TPSA) is 86.7 Å². The largest absolute Gasteiger partial charge is 0.461 e. The van der Waals surface area contributed by atoms with Gasteiger partial charge < -0.3 is 9.47 Å². The molecule has 0 amide bonds. The Morgan fingerprint density at radius 1 is 1.24 bits per heavy atom. The van der Waals surface area contributed by atoms with Crippen molar-refractivity contribution in [2.45, 2.75) is 46.1 Å². The molecule has 0 aromatic carbocycles. The Balaban J connectivity index is 2.54. The number of hydrogen-bond acceptors (Lipinski definition) is 6. The number of rotatable bonds is 5. The monoisotopic (exact) mass is 348 g/mol. The molecule has 0 spiro atoms. The summed E-state index contributed by atoms with van der Waals surface area (Å²) < 4.78 is 10.6. The lowest BCUT2D eigenvalue weighted by molar-refractivity contribution is -0.147. The van der Waals surface area contributed by atoms with Crippen LogP contribution in [0.4, 0.5) is 0 Å². The van der Waals surface area contributed by atoms with Gasteiger partial charge in [-0.1, -0.05) is 13.5 Å². The van der Waals surface area contributed by atoms with Crippen molar-refractivity contribution in [2.24, 2.45) is 17.8 Å². The van der Waals surface area contributed by atoms with E-state index in [0.29, 0.717) is 35.8 Å². The summed E-state index contributed by atoms with van der Waals surface area (Å²) in [6, 6.07) is 0. The van der Waals surface area contributed by atoms with Gasteiger partial charge in [0.15, 0.2) is 5.78 Å². The van der Waals surface area contributed by atoms with Gasteiger partial charge in [-0.25, -0.2) is 0 Å². The molecule has 4 atom stereocenters. The van der Waals surface area contributed by atoms with Crippen LogP contribution in [0.5, 0.6) is 0 Å². The molecule has 0 radical (unpaired) electrons. The predicted molar refractivity (Wildman–Crippen MR) is 89.4 cm³/mol. The maximum Gasteiger partial charge on any atom is 0.303 e. The standard InChI is InChI=1S/C19H24O6/c1-10-5-6-14(11(2)8-20)19(25-13(4)22)18-15(10)7-17(23)16(18)9-24-12(3)21/h8,10,14-15,19H,2,5-7,9H2,1,3-4H3. The van der Waals surface area contributed by atoms with Crippen molar-refractivity contribution < 1.29 is 28.7 Å². The number of fused-ring (bicyclic) bond motifs is 1. The Hall–Kier alpha value is -2.24. The van der Waals surface area contributed by atoms with Crippen LogP contribution in [0.3, 0.4) is 0 Å². The quantitative estimate of drug-likeness (QED) is 0.430. The third kappa shape index (κ3) is 4.06. The molecule has 4 unspecified atom stereocenters. The van der Waals surface area contributed by atoms with Crippen LogP contribution in [0.1, 0.15) is 40.0 Å². The maximum atomic E-state index is 12.5. The van der Waals surface area contributed by atoms with Gasteiger partial charge >= 0.3 is 11.9 Å². The third-order valence-electron chi connectivity index (χ3n) is 5.12. The van der Waals surface area contributed by atoms with Gasteiger partial charge in [0.05, 0.1) is 0 Å². The normalized spacial score (nSPS) is 28.8. The number of Topliss-reactive ketones (excluding diaryl/α,β-unsaturated/α-hetero) is 1. The highest BCUT2D eigenvalue weighted by molar-refractivity contribution is 6.00.